The maximum Gasteiger partial charge on any atom is 0.204 e. The van der Waals surface area contributed by atoms with Gasteiger partial charge in [0.15, 0.2) is 11.5 Å². The summed E-state index contributed by atoms with van der Waals surface area (Å²) in [6.07, 6.45) is 0. The van der Waals surface area contributed by atoms with Gasteiger partial charge in [0.2, 0.25) is 10.9 Å². The van der Waals surface area contributed by atoms with Gasteiger partial charge in [-0.2, -0.15) is 0 Å². The zero-order chi connectivity index (χ0) is 22.7. The normalized spacial score (nSPS) is 10.6. The van der Waals surface area contributed by atoms with Gasteiger partial charge in [-0.3, -0.25) is 10.9 Å². The molecule has 9 nitrogen and oxygen atoms in total. The fourth-order valence-electron chi connectivity index (χ4n) is 3.03. The minimum Gasteiger partial charge on any atom is -0.493 e. The average molecular weight is 471 g/mol. The van der Waals surface area contributed by atoms with E-state index in [0.717, 1.165) is 21.1 Å². The maximum absolute atomic E-state index is 6.17. The van der Waals surface area contributed by atoms with Crippen molar-refractivity contribution in [1.29, 1.82) is 0 Å². The van der Waals surface area contributed by atoms with Gasteiger partial charge in [-0.15, -0.1) is 11.3 Å². The fraction of sp³-hybridized carbons (Fsp3) is 0.143. The first kappa shape index (κ1) is 21.5. The lowest BCUT2D eigenvalue weighted by Crippen LogP contribution is -2.09. The first-order chi connectivity index (χ1) is 15.5. The van der Waals surface area contributed by atoms with Gasteiger partial charge in [0, 0.05) is 28.8 Å². The van der Waals surface area contributed by atoms with Crippen LogP contribution in [0.3, 0.4) is 0 Å². The summed E-state index contributed by atoms with van der Waals surface area (Å²) in [6, 6.07) is 11.2. The Morgan fingerprint density at radius 3 is 2.31 bits per heavy atom. The largest absolute Gasteiger partial charge is 0.493 e. The molecule has 4 aromatic rings. The molecular weight excluding hydrogens is 448 g/mol. The highest BCUT2D eigenvalue weighted by Gasteiger charge is 2.16. The third-order valence-electron chi connectivity index (χ3n) is 4.51. The summed E-state index contributed by atoms with van der Waals surface area (Å²) in [5, 5.41) is 3.36. The number of nitrogen functional groups attached to an aromatic ring is 2. The van der Waals surface area contributed by atoms with Crippen LogP contribution < -0.4 is 36.5 Å². The molecule has 0 saturated carbocycles. The van der Waals surface area contributed by atoms with Crippen molar-refractivity contribution < 1.29 is 14.2 Å². The number of hydrazine groups is 1. The van der Waals surface area contributed by atoms with Crippen molar-refractivity contribution in [2.24, 2.45) is 0 Å². The molecule has 4 rings (SSSR count). The van der Waals surface area contributed by atoms with Crippen LogP contribution in [0.4, 0.5) is 22.3 Å². The Morgan fingerprint density at radius 1 is 0.906 bits per heavy atom. The van der Waals surface area contributed by atoms with Crippen LogP contribution >= 0.6 is 22.7 Å². The number of hydrogen-bond donors (Lipinski definition) is 4. The summed E-state index contributed by atoms with van der Waals surface area (Å²) in [7, 11) is 4.69. The molecule has 0 aliphatic heterocycles. The van der Waals surface area contributed by atoms with Crippen LogP contribution in [0.25, 0.3) is 21.1 Å². The number of ether oxygens (including phenoxy) is 3. The number of methoxy groups -OCH3 is 3. The van der Waals surface area contributed by atoms with E-state index < -0.39 is 0 Å². The molecule has 0 atom stereocenters. The van der Waals surface area contributed by atoms with E-state index in [1.165, 1.54) is 22.7 Å². The van der Waals surface area contributed by atoms with E-state index in [4.69, 9.17) is 30.7 Å². The van der Waals surface area contributed by atoms with E-state index >= 15 is 0 Å². The lowest BCUT2D eigenvalue weighted by atomic mass is 10.1. The molecule has 6 N–H and O–H groups in total. The minimum atomic E-state index is 0.401. The van der Waals surface area contributed by atoms with Gasteiger partial charge in [-0.1, -0.05) is 23.5 Å². The summed E-state index contributed by atoms with van der Waals surface area (Å²) in [5.41, 5.74) is 21.4. The van der Waals surface area contributed by atoms with Crippen LogP contribution in [-0.4, -0.2) is 31.3 Å². The van der Waals surface area contributed by atoms with E-state index in [2.05, 4.69) is 15.8 Å². The molecule has 2 aromatic heterocycles. The number of nitrogens with zero attached hydrogens (tertiary/aromatic N) is 2. The molecule has 0 aliphatic rings. The van der Waals surface area contributed by atoms with Crippen LogP contribution in [0.15, 0.2) is 41.8 Å². The van der Waals surface area contributed by atoms with Gasteiger partial charge >= 0.3 is 0 Å². The molecule has 2 aromatic carbocycles. The fourth-order valence-corrected chi connectivity index (χ4v) is 4.79. The van der Waals surface area contributed by atoms with E-state index in [0.29, 0.717) is 39.6 Å². The van der Waals surface area contributed by atoms with Crippen molar-refractivity contribution in [2.75, 3.05) is 43.6 Å². The standard InChI is InChI=1S/C21H22N6O3S2/c1-28-15-8-13(9-16(29-2)17(15)30-3)26-27-21-25-19(23)18(32-21)20-24-14(10-31-20)11-5-4-6-12(22)7-11/h4-10,26H,22-23H2,1-3H3,(H,25,27). The Balaban J connectivity index is 1.53. The number of nitrogens with two attached hydrogens (primary N) is 2. The Bertz CT molecular complexity index is 1220. The summed E-state index contributed by atoms with van der Waals surface area (Å²) in [4.78, 5) is 9.90. The van der Waals surface area contributed by atoms with Crippen molar-refractivity contribution in [3.8, 4) is 38.4 Å². The predicted octanol–water partition coefficient (Wildman–Crippen LogP) is 4.56. The van der Waals surface area contributed by atoms with Crippen LogP contribution in [0.1, 0.15) is 0 Å². The highest BCUT2D eigenvalue weighted by Crippen LogP contribution is 2.41. The molecular formula is C21H22N6O3S2. The van der Waals surface area contributed by atoms with Crippen molar-refractivity contribution in [3.05, 3.63) is 41.8 Å². The van der Waals surface area contributed by atoms with E-state index in [1.807, 2.05) is 29.6 Å². The van der Waals surface area contributed by atoms with E-state index in [1.54, 1.807) is 33.5 Å². The smallest absolute Gasteiger partial charge is 0.204 e. The van der Waals surface area contributed by atoms with E-state index in [-0.39, 0.29) is 0 Å². The maximum atomic E-state index is 6.17. The third-order valence-corrected chi connectivity index (χ3v) is 6.49. The van der Waals surface area contributed by atoms with Crippen molar-refractivity contribution in [2.45, 2.75) is 0 Å². The molecule has 0 bridgehead atoms. The Morgan fingerprint density at radius 2 is 1.66 bits per heavy atom. The summed E-state index contributed by atoms with van der Waals surface area (Å²) in [5.74, 6) is 1.98. The number of nitrogens with one attached hydrogen (secondary N) is 2. The quantitative estimate of drug-likeness (QED) is 0.216. The number of thiazole rings is 2. The number of aromatic nitrogens is 2. The Kier molecular flexibility index (Phi) is 6.19. The van der Waals surface area contributed by atoms with Crippen LogP contribution in [0.5, 0.6) is 17.2 Å². The SMILES string of the molecule is COc1cc(NNc2nc(N)c(-c3nc(-c4cccc(N)c4)cs3)s2)cc(OC)c1OC. The molecule has 0 unspecified atom stereocenters. The highest BCUT2D eigenvalue weighted by molar-refractivity contribution is 7.23. The predicted molar refractivity (Wildman–Crippen MR) is 131 cm³/mol. The lowest BCUT2D eigenvalue weighted by molar-refractivity contribution is 0.324. The molecule has 0 aliphatic carbocycles. The molecule has 0 amide bonds. The van der Waals surface area contributed by atoms with Gasteiger partial charge in [0.1, 0.15) is 15.7 Å². The zero-order valence-corrected chi connectivity index (χ0v) is 19.3. The molecule has 2 heterocycles. The van der Waals surface area contributed by atoms with Gasteiger partial charge in [-0.25, -0.2) is 9.97 Å². The van der Waals surface area contributed by atoms with Crippen molar-refractivity contribution in [3.63, 3.8) is 0 Å². The molecule has 166 valence electrons. The topological polar surface area (TPSA) is 130 Å². The Hall–Kier alpha value is -3.70. The zero-order valence-electron chi connectivity index (χ0n) is 17.6. The van der Waals surface area contributed by atoms with Crippen molar-refractivity contribution in [1.82, 2.24) is 9.97 Å². The first-order valence-electron chi connectivity index (χ1n) is 9.42. The third kappa shape index (κ3) is 4.34. The first-order valence-corrected chi connectivity index (χ1v) is 11.1. The van der Waals surface area contributed by atoms with Gasteiger partial charge < -0.3 is 25.7 Å². The monoisotopic (exact) mass is 470 g/mol. The van der Waals surface area contributed by atoms with E-state index in [9.17, 15) is 0 Å². The highest BCUT2D eigenvalue weighted by atomic mass is 32.1. The van der Waals surface area contributed by atoms with Gasteiger partial charge in [-0.05, 0) is 12.1 Å². The van der Waals surface area contributed by atoms with Gasteiger partial charge in [0.05, 0.1) is 32.7 Å². The molecule has 0 fully saturated rings. The van der Waals surface area contributed by atoms with Crippen LogP contribution in [0, 0.1) is 0 Å². The number of benzene rings is 2. The molecule has 0 saturated heterocycles. The Labute approximate surface area is 193 Å². The second-order valence-corrected chi connectivity index (χ2v) is 8.42. The molecule has 32 heavy (non-hydrogen) atoms. The van der Waals surface area contributed by atoms with Gasteiger partial charge in [0.25, 0.3) is 0 Å². The minimum absolute atomic E-state index is 0.401. The molecule has 0 radical (unpaired) electrons. The second-order valence-electron chi connectivity index (χ2n) is 6.56. The summed E-state index contributed by atoms with van der Waals surface area (Å²) >= 11 is 2.90. The number of rotatable bonds is 8. The van der Waals surface area contributed by atoms with Crippen LogP contribution in [-0.2, 0) is 0 Å². The summed E-state index contributed by atoms with van der Waals surface area (Å²) < 4.78 is 16.1. The molecule has 11 heteroatoms. The average Bonchev–Trinajstić information content (AvgIpc) is 3.43. The van der Waals surface area contributed by atoms with Crippen LogP contribution in [0.2, 0.25) is 0 Å². The number of anilines is 4. The number of hydrogen-bond acceptors (Lipinski definition) is 11. The van der Waals surface area contributed by atoms with Crippen molar-refractivity contribution >= 4 is 45.0 Å². The second kappa shape index (κ2) is 9.20. The summed E-state index contributed by atoms with van der Waals surface area (Å²) in [6.45, 7) is 0. The lowest BCUT2D eigenvalue weighted by Gasteiger charge is -2.15. The molecule has 0 spiro atoms.